The van der Waals surface area contributed by atoms with Crippen LogP contribution in [0.2, 0.25) is 0 Å². The van der Waals surface area contributed by atoms with E-state index in [9.17, 15) is 0 Å². The number of benzene rings is 1. The van der Waals surface area contributed by atoms with Crippen LogP contribution in [0.3, 0.4) is 0 Å². The van der Waals surface area contributed by atoms with Crippen molar-refractivity contribution in [1.82, 2.24) is 4.57 Å². The van der Waals surface area contributed by atoms with Gasteiger partial charge in [-0.2, -0.15) is 0 Å². The third-order valence-electron chi connectivity index (χ3n) is 4.01. The number of aromatic nitrogens is 1. The molecule has 1 aliphatic heterocycles. The fourth-order valence-electron chi connectivity index (χ4n) is 3.55. The summed E-state index contributed by atoms with van der Waals surface area (Å²) < 4.78 is 2.40. The Morgan fingerprint density at radius 3 is 2.37 bits per heavy atom. The Kier molecular flexibility index (Phi) is 2.70. The fourth-order valence-corrected chi connectivity index (χ4v) is 7.54. The molecule has 2 aromatic rings. The van der Waals surface area contributed by atoms with Gasteiger partial charge in [0.15, 0.2) is 0 Å². The van der Waals surface area contributed by atoms with E-state index >= 15 is 0 Å². The third-order valence-corrected chi connectivity index (χ3v) is 7.53. The van der Waals surface area contributed by atoms with Gasteiger partial charge in [-0.25, -0.2) is 0 Å². The Labute approximate surface area is 117 Å². The summed E-state index contributed by atoms with van der Waals surface area (Å²) in [6, 6.07) is 13.4. The van der Waals surface area contributed by atoms with E-state index in [0.29, 0.717) is 5.16 Å². The first-order valence-corrected chi connectivity index (χ1v) is 8.25. The summed E-state index contributed by atoms with van der Waals surface area (Å²) in [5, 5.41) is 0.529. The lowest BCUT2D eigenvalue weighted by molar-refractivity contribution is 0.687. The zero-order chi connectivity index (χ0) is 13.8. The van der Waals surface area contributed by atoms with Gasteiger partial charge in [0, 0.05) is 22.5 Å². The van der Waals surface area contributed by atoms with Crippen molar-refractivity contribution in [3.63, 3.8) is 0 Å². The van der Waals surface area contributed by atoms with E-state index in [1.54, 1.807) is 0 Å². The molecule has 1 aromatic carbocycles. The predicted octanol–water partition coefficient (Wildman–Crippen LogP) is 4.63. The minimum atomic E-state index is -0.258. The minimum Gasteiger partial charge on any atom is -0.317 e. The fraction of sp³-hybridized carbons (Fsp3) is 0.412. The summed E-state index contributed by atoms with van der Waals surface area (Å²) in [7, 11) is -0.258. The normalized spacial score (nSPS) is 20.8. The predicted molar refractivity (Wildman–Crippen MR) is 85.1 cm³/mol. The first-order valence-electron chi connectivity index (χ1n) is 6.91. The Balaban J connectivity index is 2.34. The number of fused-ring (bicyclic) bond motifs is 3. The van der Waals surface area contributed by atoms with Crippen LogP contribution in [0, 0.1) is 0 Å². The van der Waals surface area contributed by atoms with Crippen molar-refractivity contribution in [1.29, 1.82) is 0 Å². The van der Waals surface area contributed by atoms with E-state index in [2.05, 4.69) is 81.8 Å². The molecule has 2 heterocycles. The lowest BCUT2D eigenvalue weighted by Gasteiger charge is -2.48. The van der Waals surface area contributed by atoms with Gasteiger partial charge in [0.1, 0.15) is 0 Å². The number of rotatable bonds is 0. The molecule has 100 valence electrons. The highest BCUT2D eigenvalue weighted by Gasteiger charge is 2.45. The van der Waals surface area contributed by atoms with Gasteiger partial charge in [-0.3, -0.25) is 0 Å². The number of para-hydroxylation sites is 1. The highest BCUT2D eigenvalue weighted by Crippen LogP contribution is 2.65. The summed E-state index contributed by atoms with van der Waals surface area (Å²) in [6.07, 6.45) is 2.21. The molecule has 1 aromatic heterocycles. The Morgan fingerprint density at radius 1 is 1.00 bits per heavy atom. The zero-order valence-corrected chi connectivity index (χ0v) is 13.3. The summed E-state index contributed by atoms with van der Waals surface area (Å²) >= 11 is 0. The minimum absolute atomic E-state index is 0.221. The van der Waals surface area contributed by atoms with Crippen molar-refractivity contribution in [3.05, 3.63) is 48.2 Å². The molecule has 0 bridgehead atoms. The molecule has 0 aliphatic carbocycles. The van der Waals surface area contributed by atoms with Gasteiger partial charge in [-0.15, -0.1) is 0 Å². The van der Waals surface area contributed by atoms with Crippen LogP contribution in [0.5, 0.6) is 0 Å². The number of hydrogen-bond acceptors (Lipinski definition) is 0. The molecule has 1 aliphatic rings. The molecular weight excluding hydrogens is 249 g/mol. The number of nitrogens with zero attached hydrogens (tertiary/aromatic N) is 1. The molecular formula is C17H22NP. The second kappa shape index (κ2) is 3.96. The molecule has 0 N–H and O–H groups in total. The Bertz CT molecular complexity index is 616. The molecule has 19 heavy (non-hydrogen) atoms. The summed E-state index contributed by atoms with van der Waals surface area (Å²) in [4.78, 5) is 0. The van der Waals surface area contributed by atoms with E-state index in [0.717, 1.165) is 0 Å². The van der Waals surface area contributed by atoms with Crippen molar-refractivity contribution in [2.24, 2.45) is 0 Å². The summed E-state index contributed by atoms with van der Waals surface area (Å²) in [5.41, 5.74) is 4.35. The standard InChI is InChI=1S/C17H22NP/c1-16(2,3)19-15-11-8-12-18(15)14-10-7-6-9-13(14)17(19,4)5/h6-12H,1-5H3. The average Bonchev–Trinajstić information content (AvgIpc) is 2.75. The van der Waals surface area contributed by atoms with E-state index < -0.39 is 0 Å². The van der Waals surface area contributed by atoms with Crippen molar-refractivity contribution in [2.45, 2.75) is 44.9 Å². The third kappa shape index (κ3) is 1.79. The second-order valence-electron chi connectivity index (χ2n) is 6.82. The van der Waals surface area contributed by atoms with Crippen molar-refractivity contribution < 1.29 is 0 Å². The SMILES string of the molecule is CC(C)(C)P1c2cccn2-c2ccccc2C1(C)C. The highest BCUT2D eigenvalue weighted by atomic mass is 31.1. The van der Waals surface area contributed by atoms with Gasteiger partial charge >= 0.3 is 0 Å². The van der Waals surface area contributed by atoms with Gasteiger partial charge in [0.25, 0.3) is 0 Å². The van der Waals surface area contributed by atoms with E-state index in [1.807, 2.05) is 0 Å². The van der Waals surface area contributed by atoms with Crippen LogP contribution in [0.15, 0.2) is 42.6 Å². The van der Waals surface area contributed by atoms with Crippen LogP contribution in [0.4, 0.5) is 0 Å². The largest absolute Gasteiger partial charge is 0.317 e. The molecule has 0 saturated carbocycles. The molecule has 3 rings (SSSR count). The lowest BCUT2D eigenvalue weighted by atomic mass is 9.99. The molecule has 0 saturated heterocycles. The molecule has 2 heteroatoms. The summed E-state index contributed by atoms with van der Waals surface area (Å²) in [5.74, 6) is 0. The molecule has 1 nitrogen and oxygen atoms in total. The quantitative estimate of drug-likeness (QED) is 0.616. The van der Waals surface area contributed by atoms with Crippen molar-refractivity contribution in [2.75, 3.05) is 0 Å². The highest BCUT2D eigenvalue weighted by molar-refractivity contribution is 7.68. The molecule has 0 fully saturated rings. The van der Waals surface area contributed by atoms with E-state index in [4.69, 9.17) is 0 Å². The van der Waals surface area contributed by atoms with Crippen LogP contribution in [-0.4, -0.2) is 9.72 Å². The van der Waals surface area contributed by atoms with Crippen molar-refractivity contribution in [3.8, 4) is 5.69 Å². The van der Waals surface area contributed by atoms with E-state index in [1.165, 1.54) is 16.7 Å². The first kappa shape index (κ1) is 12.9. The molecule has 0 amide bonds. The molecule has 1 unspecified atom stereocenters. The van der Waals surface area contributed by atoms with Crippen LogP contribution >= 0.6 is 7.92 Å². The van der Waals surface area contributed by atoms with Gasteiger partial charge < -0.3 is 4.57 Å². The second-order valence-corrected chi connectivity index (χ2v) is 10.4. The van der Waals surface area contributed by atoms with Crippen LogP contribution in [-0.2, 0) is 5.16 Å². The Morgan fingerprint density at radius 2 is 1.68 bits per heavy atom. The maximum Gasteiger partial charge on any atom is 0.0497 e. The van der Waals surface area contributed by atoms with Crippen molar-refractivity contribution >= 4 is 13.4 Å². The first-order chi connectivity index (χ1) is 8.83. The smallest absolute Gasteiger partial charge is 0.0497 e. The summed E-state index contributed by atoms with van der Waals surface area (Å²) in [6.45, 7) is 12.0. The van der Waals surface area contributed by atoms with Gasteiger partial charge in [0.05, 0.1) is 0 Å². The molecule has 1 atom stereocenters. The van der Waals surface area contributed by atoms with Crippen LogP contribution in [0.1, 0.15) is 40.2 Å². The average molecular weight is 271 g/mol. The maximum absolute atomic E-state index is 2.42. The van der Waals surface area contributed by atoms with Gasteiger partial charge in [0.2, 0.25) is 0 Å². The zero-order valence-electron chi connectivity index (χ0n) is 12.4. The molecule has 0 radical (unpaired) electrons. The van der Waals surface area contributed by atoms with Gasteiger partial charge in [-0.1, -0.05) is 52.8 Å². The monoisotopic (exact) mass is 271 g/mol. The van der Waals surface area contributed by atoms with Gasteiger partial charge in [-0.05, 0) is 36.8 Å². The van der Waals surface area contributed by atoms with Crippen LogP contribution < -0.4 is 5.44 Å². The topological polar surface area (TPSA) is 4.93 Å². The Hall–Kier alpha value is -1.07. The number of hydrogen-bond donors (Lipinski definition) is 0. The lowest BCUT2D eigenvalue weighted by Crippen LogP contribution is -2.38. The van der Waals surface area contributed by atoms with Crippen LogP contribution in [0.25, 0.3) is 5.69 Å². The molecule has 0 spiro atoms. The van der Waals surface area contributed by atoms with E-state index in [-0.39, 0.29) is 13.1 Å². The maximum atomic E-state index is 2.42.